The lowest BCUT2D eigenvalue weighted by Crippen LogP contribution is -2.23. The fraction of sp³-hybridized carbons (Fsp3) is 0.143. The second kappa shape index (κ2) is 5.15. The number of hydrogen-bond donors (Lipinski definition) is 1. The molecular formula is C14H11FN2O2S. The highest BCUT2D eigenvalue weighted by Crippen LogP contribution is 2.17. The predicted molar refractivity (Wildman–Crippen MR) is 75.2 cm³/mol. The van der Waals surface area contributed by atoms with E-state index in [1.54, 1.807) is 11.4 Å². The van der Waals surface area contributed by atoms with Gasteiger partial charge in [-0.3, -0.25) is 9.36 Å². The standard InChI is InChI=1S/C14H11FN2O2S/c15-10-3-1-9(2-4-10)12(18)7-17-8-16-13-11(14(17)19)5-6-20-13/h1-6,8,12,18H,7H2/t12-/m1/s1. The molecule has 0 fully saturated rings. The van der Waals surface area contributed by atoms with E-state index in [0.717, 1.165) is 0 Å². The van der Waals surface area contributed by atoms with E-state index in [0.29, 0.717) is 15.8 Å². The Hall–Kier alpha value is -2.05. The Morgan fingerprint density at radius 2 is 2.05 bits per heavy atom. The number of hydrogen-bond acceptors (Lipinski definition) is 4. The zero-order valence-electron chi connectivity index (χ0n) is 10.4. The van der Waals surface area contributed by atoms with Crippen LogP contribution in [0.1, 0.15) is 11.7 Å². The van der Waals surface area contributed by atoms with Gasteiger partial charge in [-0.25, -0.2) is 9.37 Å². The van der Waals surface area contributed by atoms with Gasteiger partial charge in [-0.15, -0.1) is 11.3 Å². The Labute approximate surface area is 117 Å². The fourth-order valence-corrected chi connectivity index (χ4v) is 2.72. The third kappa shape index (κ3) is 2.35. The third-order valence-electron chi connectivity index (χ3n) is 3.07. The molecular weight excluding hydrogens is 279 g/mol. The molecule has 20 heavy (non-hydrogen) atoms. The summed E-state index contributed by atoms with van der Waals surface area (Å²) in [6.07, 6.45) is 0.541. The molecule has 6 heteroatoms. The van der Waals surface area contributed by atoms with Crippen LogP contribution in [0.5, 0.6) is 0 Å². The summed E-state index contributed by atoms with van der Waals surface area (Å²) in [4.78, 5) is 17.0. The summed E-state index contributed by atoms with van der Waals surface area (Å²) < 4.78 is 14.2. The topological polar surface area (TPSA) is 55.1 Å². The fourth-order valence-electron chi connectivity index (χ4n) is 2.00. The minimum absolute atomic E-state index is 0.0866. The maximum atomic E-state index is 12.8. The minimum Gasteiger partial charge on any atom is -0.387 e. The van der Waals surface area contributed by atoms with Crippen LogP contribution in [0.4, 0.5) is 4.39 Å². The van der Waals surface area contributed by atoms with Crippen molar-refractivity contribution in [3.63, 3.8) is 0 Å². The van der Waals surface area contributed by atoms with Crippen molar-refractivity contribution in [1.82, 2.24) is 9.55 Å². The van der Waals surface area contributed by atoms with Gasteiger partial charge in [0.15, 0.2) is 0 Å². The monoisotopic (exact) mass is 290 g/mol. The maximum Gasteiger partial charge on any atom is 0.262 e. The molecule has 0 aliphatic heterocycles. The number of aliphatic hydroxyl groups excluding tert-OH is 1. The van der Waals surface area contributed by atoms with Gasteiger partial charge in [0, 0.05) is 0 Å². The molecule has 0 bridgehead atoms. The van der Waals surface area contributed by atoms with Gasteiger partial charge in [0.1, 0.15) is 10.6 Å². The molecule has 0 saturated carbocycles. The van der Waals surface area contributed by atoms with Crippen molar-refractivity contribution >= 4 is 21.6 Å². The van der Waals surface area contributed by atoms with Crippen molar-refractivity contribution in [2.75, 3.05) is 0 Å². The van der Waals surface area contributed by atoms with Gasteiger partial charge in [-0.1, -0.05) is 12.1 Å². The predicted octanol–water partition coefficient (Wildman–Crippen LogP) is 2.33. The normalized spacial score (nSPS) is 12.7. The average molecular weight is 290 g/mol. The van der Waals surface area contributed by atoms with Crippen LogP contribution in [0.2, 0.25) is 0 Å². The SMILES string of the molecule is O=c1c2ccsc2ncn1C[C@@H](O)c1ccc(F)cc1. The first-order valence-electron chi connectivity index (χ1n) is 6.01. The lowest BCUT2D eigenvalue weighted by Gasteiger charge is -2.12. The second-order valence-corrected chi connectivity index (χ2v) is 5.30. The van der Waals surface area contributed by atoms with Crippen molar-refractivity contribution in [1.29, 1.82) is 0 Å². The molecule has 0 aliphatic carbocycles. The van der Waals surface area contributed by atoms with Gasteiger partial charge < -0.3 is 5.11 Å². The Morgan fingerprint density at radius 3 is 2.80 bits per heavy atom. The first-order chi connectivity index (χ1) is 9.65. The van der Waals surface area contributed by atoms with Crippen molar-refractivity contribution in [3.05, 3.63) is 63.8 Å². The van der Waals surface area contributed by atoms with Crippen LogP contribution >= 0.6 is 11.3 Å². The minimum atomic E-state index is -0.883. The number of benzene rings is 1. The molecule has 0 radical (unpaired) electrons. The zero-order valence-corrected chi connectivity index (χ0v) is 11.2. The van der Waals surface area contributed by atoms with E-state index < -0.39 is 6.10 Å². The average Bonchev–Trinajstić information content (AvgIpc) is 2.92. The van der Waals surface area contributed by atoms with E-state index in [9.17, 15) is 14.3 Å². The molecule has 2 heterocycles. The molecule has 3 aromatic rings. The van der Waals surface area contributed by atoms with Crippen LogP contribution in [0.25, 0.3) is 10.2 Å². The molecule has 4 nitrogen and oxygen atoms in total. The van der Waals surface area contributed by atoms with Crippen molar-refractivity contribution in [2.24, 2.45) is 0 Å². The summed E-state index contributed by atoms with van der Waals surface area (Å²) in [5.41, 5.74) is 0.376. The summed E-state index contributed by atoms with van der Waals surface area (Å²) in [5.74, 6) is -0.362. The van der Waals surface area contributed by atoms with Gasteiger partial charge in [-0.2, -0.15) is 0 Å². The molecule has 1 aromatic carbocycles. The van der Waals surface area contributed by atoms with Gasteiger partial charge >= 0.3 is 0 Å². The summed E-state index contributed by atoms with van der Waals surface area (Å²) in [6.45, 7) is 0.0866. The number of aromatic nitrogens is 2. The Balaban J connectivity index is 1.90. The summed E-state index contributed by atoms with van der Waals surface area (Å²) in [6, 6.07) is 7.28. The highest BCUT2D eigenvalue weighted by molar-refractivity contribution is 7.16. The van der Waals surface area contributed by atoms with Crippen LogP contribution in [0.15, 0.2) is 46.8 Å². The molecule has 1 atom stereocenters. The highest BCUT2D eigenvalue weighted by Gasteiger charge is 2.11. The largest absolute Gasteiger partial charge is 0.387 e. The van der Waals surface area contributed by atoms with Crippen LogP contribution in [0.3, 0.4) is 0 Å². The number of nitrogens with zero attached hydrogens (tertiary/aromatic N) is 2. The smallest absolute Gasteiger partial charge is 0.262 e. The zero-order chi connectivity index (χ0) is 14.1. The van der Waals surface area contributed by atoms with Gasteiger partial charge in [0.05, 0.1) is 24.4 Å². The number of aliphatic hydroxyl groups is 1. The van der Waals surface area contributed by atoms with E-state index in [1.807, 2.05) is 0 Å². The van der Waals surface area contributed by atoms with E-state index in [-0.39, 0.29) is 17.9 Å². The quantitative estimate of drug-likeness (QED) is 0.805. The summed E-state index contributed by atoms with van der Waals surface area (Å²) in [5, 5.41) is 12.5. The first-order valence-corrected chi connectivity index (χ1v) is 6.89. The van der Waals surface area contributed by atoms with E-state index in [4.69, 9.17) is 0 Å². The molecule has 0 unspecified atom stereocenters. The molecule has 102 valence electrons. The van der Waals surface area contributed by atoms with Crippen molar-refractivity contribution in [3.8, 4) is 0 Å². The number of halogens is 1. The highest BCUT2D eigenvalue weighted by atomic mass is 32.1. The van der Waals surface area contributed by atoms with Gasteiger partial charge in [-0.05, 0) is 29.1 Å². The number of fused-ring (bicyclic) bond motifs is 1. The number of thiophene rings is 1. The summed E-state index contributed by atoms with van der Waals surface area (Å²) in [7, 11) is 0. The Morgan fingerprint density at radius 1 is 1.30 bits per heavy atom. The summed E-state index contributed by atoms with van der Waals surface area (Å²) >= 11 is 1.40. The first kappa shape index (κ1) is 13.0. The van der Waals surface area contributed by atoms with Crippen LogP contribution in [0, 0.1) is 5.82 Å². The van der Waals surface area contributed by atoms with Crippen molar-refractivity contribution < 1.29 is 9.50 Å². The molecule has 0 aliphatic rings. The number of rotatable bonds is 3. The van der Waals surface area contributed by atoms with E-state index in [1.165, 1.54) is 46.5 Å². The third-order valence-corrected chi connectivity index (χ3v) is 3.90. The molecule has 0 amide bonds. The lowest BCUT2D eigenvalue weighted by molar-refractivity contribution is 0.155. The maximum absolute atomic E-state index is 12.8. The van der Waals surface area contributed by atoms with Gasteiger partial charge in [0.25, 0.3) is 5.56 Å². The molecule has 2 aromatic heterocycles. The molecule has 0 spiro atoms. The van der Waals surface area contributed by atoms with E-state index >= 15 is 0 Å². The second-order valence-electron chi connectivity index (χ2n) is 4.41. The Bertz CT molecular complexity index is 795. The van der Waals surface area contributed by atoms with Crippen LogP contribution in [-0.2, 0) is 6.54 Å². The Kier molecular flexibility index (Phi) is 3.33. The molecule has 0 saturated heterocycles. The molecule has 1 N–H and O–H groups in total. The lowest BCUT2D eigenvalue weighted by atomic mass is 10.1. The van der Waals surface area contributed by atoms with Crippen LogP contribution < -0.4 is 5.56 Å². The van der Waals surface area contributed by atoms with Crippen LogP contribution in [-0.4, -0.2) is 14.7 Å². The van der Waals surface area contributed by atoms with E-state index in [2.05, 4.69) is 4.98 Å². The molecule has 3 rings (SSSR count). The van der Waals surface area contributed by atoms with Crippen molar-refractivity contribution in [2.45, 2.75) is 12.6 Å². The van der Waals surface area contributed by atoms with Gasteiger partial charge in [0.2, 0.25) is 0 Å².